The fourth-order valence-electron chi connectivity index (χ4n) is 0.967. The molecule has 2 heteroatoms. The summed E-state index contributed by atoms with van der Waals surface area (Å²) in [7, 11) is 0. The van der Waals surface area contributed by atoms with Crippen LogP contribution >= 0.6 is 0 Å². The highest BCUT2D eigenvalue weighted by atomic mass is 15.0. The zero-order valence-electron chi connectivity index (χ0n) is 7.52. The number of nitrogens with one attached hydrogen (secondary N) is 1. The van der Waals surface area contributed by atoms with Crippen molar-refractivity contribution < 1.29 is 0 Å². The van der Waals surface area contributed by atoms with Gasteiger partial charge in [-0.1, -0.05) is 20.8 Å². The Morgan fingerprint density at radius 1 is 1.45 bits per heavy atom. The zero-order valence-corrected chi connectivity index (χ0v) is 7.52. The first-order valence-electron chi connectivity index (χ1n) is 4.19. The Balaban J connectivity index is 2.42. The molecular formula is C9H16N2. The molecule has 62 valence electrons. The van der Waals surface area contributed by atoms with Crippen LogP contribution in [0.5, 0.6) is 0 Å². The molecule has 1 aliphatic carbocycles. The standard InChI is InChI=1S/C9H16N2/c1-9(2,3)8(6-10)11-7-4-5-7/h7-8,11H,4-5H2,1-3H3. The van der Waals surface area contributed by atoms with Gasteiger partial charge < -0.3 is 0 Å². The van der Waals surface area contributed by atoms with Crippen molar-refractivity contribution in [1.29, 1.82) is 5.26 Å². The van der Waals surface area contributed by atoms with Gasteiger partial charge in [0, 0.05) is 6.04 Å². The summed E-state index contributed by atoms with van der Waals surface area (Å²) in [6, 6.07) is 2.94. The fraction of sp³-hybridized carbons (Fsp3) is 0.889. The van der Waals surface area contributed by atoms with Gasteiger partial charge in [0.2, 0.25) is 0 Å². The smallest absolute Gasteiger partial charge is 0.100 e. The molecule has 0 aromatic rings. The van der Waals surface area contributed by atoms with Gasteiger partial charge >= 0.3 is 0 Å². The molecule has 0 aromatic carbocycles. The van der Waals surface area contributed by atoms with Crippen molar-refractivity contribution in [2.75, 3.05) is 0 Å². The molecule has 1 rings (SSSR count). The predicted molar refractivity (Wildman–Crippen MR) is 45.0 cm³/mol. The van der Waals surface area contributed by atoms with Crippen molar-refractivity contribution >= 4 is 0 Å². The van der Waals surface area contributed by atoms with E-state index in [1.165, 1.54) is 12.8 Å². The van der Waals surface area contributed by atoms with Gasteiger partial charge in [-0.05, 0) is 18.3 Å². The molecule has 1 fully saturated rings. The number of rotatable bonds is 2. The molecule has 0 radical (unpaired) electrons. The molecule has 1 N–H and O–H groups in total. The first kappa shape index (κ1) is 8.55. The average Bonchev–Trinajstić information content (AvgIpc) is 2.62. The Bertz CT molecular complexity index is 169. The monoisotopic (exact) mass is 152 g/mol. The summed E-state index contributed by atoms with van der Waals surface area (Å²) >= 11 is 0. The Kier molecular flexibility index (Phi) is 2.20. The van der Waals surface area contributed by atoms with Crippen molar-refractivity contribution in [3.63, 3.8) is 0 Å². The van der Waals surface area contributed by atoms with Crippen LogP contribution in [0.15, 0.2) is 0 Å². The third-order valence-corrected chi connectivity index (χ3v) is 1.97. The molecular weight excluding hydrogens is 136 g/mol. The molecule has 0 saturated heterocycles. The average molecular weight is 152 g/mol. The summed E-state index contributed by atoms with van der Waals surface area (Å²) in [4.78, 5) is 0. The minimum atomic E-state index is 0.00926. The highest BCUT2D eigenvalue weighted by Crippen LogP contribution is 2.25. The molecule has 0 bridgehead atoms. The van der Waals surface area contributed by atoms with E-state index in [2.05, 4.69) is 32.2 Å². The summed E-state index contributed by atoms with van der Waals surface area (Å²) in [6.45, 7) is 6.28. The Hall–Kier alpha value is -0.550. The van der Waals surface area contributed by atoms with Crippen LogP contribution in [0.2, 0.25) is 0 Å². The van der Waals surface area contributed by atoms with Gasteiger partial charge in [-0.2, -0.15) is 5.26 Å². The molecule has 0 spiro atoms. The number of hydrogen-bond acceptors (Lipinski definition) is 2. The summed E-state index contributed by atoms with van der Waals surface area (Å²) < 4.78 is 0. The van der Waals surface area contributed by atoms with E-state index in [9.17, 15) is 0 Å². The fourth-order valence-corrected chi connectivity index (χ4v) is 0.967. The van der Waals surface area contributed by atoms with Crippen molar-refractivity contribution in [1.82, 2.24) is 5.32 Å². The van der Waals surface area contributed by atoms with Crippen LogP contribution in [-0.4, -0.2) is 12.1 Å². The second-order valence-electron chi connectivity index (χ2n) is 4.37. The quantitative estimate of drug-likeness (QED) is 0.653. The van der Waals surface area contributed by atoms with Crippen LogP contribution in [0.3, 0.4) is 0 Å². The maximum atomic E-state index is 8.83. The van der Waals surface area contributed by atoms with E-state index < -0.39 is 0 Å². The summed E-state index contributed by atoms with van der Waals surface area (Å²) in [5, 5.41) is 12.1. The number of hydrogen-bond donors (Lipinski definition) is 1. The van der Waals surface area contributed by atoms with Gasteiger partial charge in [0.25, 0.3) is 0 Å². The predicted octanol–water partition coefficient (Wildman–Crippen LogP) is 1.68. The molecule has 0 heterocycles. The van der Waals surface area contributed by atoms with Crippen LogP contribution in [0, 0.1) is 16.7 Å². The molecule has 2 nitrogen and oxygen atoms in total. The molecule has 11 heavy (non-hydrogen) atoms. The first-order chi connectivity index (χ1) is 5.04. The lowest BCUT2D eigenvalue weighted by Crippen LogP contribution is -2.40. The van der Waals surface area contributed by atoms with Gasteiger partial charge in [-0.25, -0.2) is 0 Å². The summed E-state index contributed by atoms with van der Waals surface area (Å²) in [6.07, 6.45) is 2.49. The molecule has 0 amide bonds. The van der Waals surface area contributed by atoms with E-state index in [0.717, 1.165) is 0 Å². The van der Waals surface area contributed by atoms with Crippen molar-refractivity contribution in [3.8, 4) is 6.07 Å². The van der Waals surface area contributed by atoms with Gasteiger partial charge in [-0.15, -0.1) is 0 Å². The topological polar surface area (TPSA) is 35.8 Å². The van der Waals surface area contributed by atoms with Gasteiger partial charge in [0.15, 0.2) is 0 Å². The number of nitriles is 1. The molecule has 1 unspecified atom stereocenters. The van der Waals surface area contributed by atoms with Crippen LogP contribution in [0.1, 0.15) is 33.6 Å². The molecule has 0 aliphatic heterocycles. The zero-order chi connectivity index (χ0) is 8.48. The lowest BCUT2D eigenvalue weighted by atomic mass is 9.87. The van der Waals surface area contributed by atoms with E-state index in [1.807, 2.05) is 0 Å². The van der Waals surface area contributed by atoms with Gasteiger partial charge in [0.05, 0.1) is 6.07 Å². The Labute approximate surface area is 68.6 Å². The third-order valence-electron chi connectivity index (χ3n) is 1.97. The SMILES string of the molecule is CC(C)(C)C(C#N)NC1CC1. The van der Waals surface area contributed by atoms with Gasteiger partial charge in [0.1, 0.15) is 6.04 Å². The molecule has 1 aliphatic rings. The van der Waals surface area contributed by atoms with Crippen LogP contribution in [-0.2, 0) is 0 Å². The molecule has 0 aromatic heterocycles. The van der Waals surface area contributed by atoms with Crippen LogP contribution < -0.4 is 5.32 Å². The van der Waals surface area contributed by atoms with E-state index >= 15 is 0 Å². The Morgan fingerprint density at radius 2 is 2.00 bits per heavy atom. The normalized spacial score (nSPS) is 20.9. The van der Waals surface area contributed by atoms with E-state index in [0.29, 0.717) is 6.04 Å². The highest BCUT2D eigenvalue weighted by molar-refractivity contribution is 5.01. The molecule has 1 saturated carbocycles. The summed E-state index contributed by atoms with van der Waals surface area (Å²) in [5.41, 5.74) is 0.0668. The minimum Gasteiger partial charge on any atom is -0.299 e. The lowest BCUT2D eigenvalue weighted by Gasteiger charge is -2.25. The lowest BCUT2D eigenvalue weighted by molar-refractivity contribution is 0.318. The molecule has 1 atom stereocenters. The number of nitrogens with zero attached hydrogens (tertiary/aromatic N) is 1. The van der Waals surface area contributed by atoms with Crippen molar-refractivity contribution in [2.24, 2.45) is 5.41 Å². The maximum absolute atomic E-state index is 8.83. The van der Waals surface area contributed by atoms with Crippen LogP contribution in [0.4, 0.5) is 0 Å². The second kappa shape index (κ2) is 2.83. The second-order valence-corrected chi connectivity index (χ2v) is 4.37. The van der Waals surface area contributed by atoms with E-state index in [-0.39, 0.29) is 11.5 Å². The third kappa shape index (κ3) is 2.51. The highest BCUT2D eigenvalue weighted by Gasteiger charge is 2.30. The largest absolute Gasteiger partial charge is 0.299 e. The maximum Gasteiger partial charge on any atom is 0.100 e. The minimum absolute atomic E-state index is 0.00926. The first-order valence-corrected chi connectivity index (χ1v) is 4.19. The van der Waals surface area contributed by atoms with Crippen LogP contribution in [0.25, 0.3) is 0 Å². The Morgan fingerprint density at radius 3 is 2.27 bits per heavy atom. The van der Waals surface area contributed by atoms with Crippen molar-refractivity contribution in [3.05, 3.63) is 0 Å². The van der Waals surface area contributed by atoms with E-state index in [1.54, 1.807) is 0 Å². The van der Waals surface area contributed by atoms with Crippen molar-refractivity contribution in [2.45, 2.75) is 45.7 Å². The van der Waals surface area contributed by atoms with E-state index in [4.69, 9.17) is 5.26 Å². The summed E-state index contributed by atoms with van der Waals surface area (Å²) in [5.74, 6) is 0. The van der Waals surface area contributed by atoms with Gasteiger partial charge in [-0.3, -0.25) is 5.32 Å².